The van der Waals surface area contributed by atoms with Gasteiger partial charge in [-0.3, -0.25) is 24.2 Å². The molecule has 0 aliphatic rings. The third kappa shape index (κ3) is 9.70. The van der Waals surface area contributed by atoms with Gasteiger partial charge in [-0.25, -0.2) is 0 Å². The van der Waals surface area contributed by atoms with Gasteiger partial charge in [0.2, 0.25) is 17.7 Å². The van der Waals surface area contributed by atoms with Gasteiger partial charge in [0.15, 0.2) is 5.96 Å². The van der Waals surface area contributed by atoms with Crippen LogP contribution in [0.2, 0.25) is 0 Å². The molecule has 11 N–H and O–H groups in total. The fraction of sp³-hybridized carbons (Fsp3) is 0.393. The van der Waals surface area contributed by atoms with E-state index in [1.165, 1.54) is 6.92 Å². The maximum atomic E-state index is 13.5. The highest BCUT2D eigenvalue weighted by atomic mass is 16.2. The summed E-state index contributed by atoms with van der Waals surface area (Å²) >= 11 is 0. The zero-order valence-electron chi connectivity index (χ0n) is 22.8. The molecule has 0 saturated carbocycles. The van der Waals surface area contributed by atoms with Crippen LogP contribution in [0.15, 0.2) is 65.7 Å². The highest BCUT2D eigenvalue weighted by Gasteiger charge is 2.37. The molecule has 0 aliphatic heterocycles. The summed E-state index contributed by atoms with van der Waals surface area (Å²) in [4.78, 5) is 56.1. The number of primary amides is 1. The van der Waals surface area contributed by atoms with Crippen molar-refractivity contribution in [2.45, 2.75) is 56.7 Å². The molecular weight excluding hydrogens is 512 g/mol. The normalized spacial score (nSPS) is 13.7. The average Bonchev–Trinajstić information content (AvgIpc) is 2.94. The first-order chi connectivity index (χ1) is 19.1. The molecule has 3 atom stereocenters. The predicted molar refractivity (Wildman–Crippen MR) is 154 cm³/mol. The van der Waals surface area contributed by atoms with E-state index in [1.54, 1.807) is 60.7 Å². The Kier molecular flexibility index (Phi) is 12.6. The Hall–Kier alpha value is -4.45. The molecular formula is C28H40N8O4. The summed E-state index contributed by atoms with van der Waals surface area (Å²) in [5.41, 5.74) is 21.5. The number of unbranched alkanes of at least 4 members (excludes halogenated alkanes) is 1. The van der Waals surface area contributed by atoms with E-state index in [2.05, 4.69) is 20.9 Å². The van der Waals surface area contributed by atoms with Gasteiger partial charge in [-0.05, 0) is 63.3 Å². The monoisotopic (exact) mass is 552 g/mol. The summed E-state index contributed by atoms with van der Waals surface area (Å²) in [7, 11) is 0. The van der Waals surface area contributed by atoms with Crippen LogP contribution in [-0.2, 0) is 19.9 Å². The molecule has 12 nitrogen and oxygen atoms in total. The molecule has 0 saturated heterocycles. The lowest BCUT2D eigenvalue weighted by Crippen LogP contribution is -2.59. The maximum absolute atomic E-state index is 13.5. The smallest absolute Gasteiger partial charge is 0.251 e. The maximum Gasteiger partial charge on any atom is 0.251 e. The molecule has 12 heteroatoms. The Morgan fingerprint density at radius 3 is 1.95 bits per heavy atom. The van der Waals surface area contributed by atoms with Crippen molar-refractivity contribution in [2.24, 2.45) is 27.9 Å². The lowest BCUT2D eigenvalue weighted by Gasteiger charge is -2.31. The van der Waals surface area contributed by atoms with E-state index >= 15 is 0 Å². The second-order valence-electron chi connectivity index (χ2n) is 9.53. The van der Waals surface area contributed by atoms with Crippen molar-refractivity contribution in [3.8, 4) is 0 Å². The molecule has 0 aliphatic carbocycles. The van der Waals surface area contributed by atoms with Crippen molar-refractivity contribution in [1.29, 1.82) is 0 Å². The van der Waals surface area contributed by atoms with E-state index in [0.717, 1.165) is 0 Å². The van der Waals surface area contributed by atoms with Gasteiger partial charge < -0.3 is 38.9 Å². The Morgan fingerprint density at radius 1 is 0.800 bits per heavy atom. The SMILES string of the molecule is CC(NC(=O)[C@H](CCCCN)NC(=O)[C@H](CCCN=C(N)N)NC(=O)c1ccccc1)(C(N)=O)c1ccccc1. The van der Waals surface area contributed by atoms with Crippen LogP contribution in [0.1, 0.15) is 54.9 Å². The Labute approximate surface area is 234 Å². The van der Waals surface area contributed by atoms with E-state index in [0.29, 0.717) is 36.9 Å². The van der Waals surface area contributed by atoms with Gasteiger partial charge in [-0.1, -0.05) is 48.5 Å². The Balaban J connectivity index is 2.26. The molecule has 0 radical (unpaired) electrons. The van der Waals surface area contributed by atoms with Gasteiger partial charge in [0.1, 0.15) is 17.6 Å². The molecule has 0 fully saturated rings. The van der Waals surface area contributed by atoms with Crippen LogP contribution < -0.4 is 38.9 Å². The number of hydrogen-bond donors (Lipinski definition) is 7. The summed E-state index contributed by atoms with van der Waals surface area (Å²) in [5.74, 6) is -2.45. The number of carbonyl (C=O) groups excluding carboxylic acids is 4. The van der Waals surface area contributed by atoms with Crippen molar-refractivity contribution < 1.29 is 19.2 Å². The number of benzene rings is 2. The molecule has 2 rings (SSSR count). The number of carbonyl (C=O) groups is 4. The molecule has 0 heterocycles. The molecule has 2 aromatic rings. The molecule has 0 spiro atoms. The van der Waals surface area contributed by atoms with Crippen molar-refractivity contribution >= 4 is 29.6 Å². The highest BCUT2D eigenvalue weighted by molar-refractivity contribution is 5.99. The van der Waals surface area contributed by atoms with Crippen molar-refractivity contribution in [2.75, 3.05) is 13.1 Å². The molecule has 2 aromatic carbocycles. The topological polar surface area (TPSA) is 221 Å². The van der Waals surface area contributed by atoms with E-state index in [-0.39, 0.29) is 25.3 Å². The first kappa shape index (κ1) is 31.8. The molecule has 0 aromatic heterocycles. The Bertz CT molecular complexity index is 1160. The second kappa shape index (κ2) is 15.8. The number of nitrogens with one attached hydrogen (secondary N) is 3. The van der Waals surface area contributed by atoms with E-state index in [9.17, 15) is 19.2 Å². The van der Waals surface area contributed by atoms with Crippen LogP contribution >= 0.6 is 0 Å². The zero-order valence-corrected chi connectivity index (χ0v) is 22.8. The first-order valence-electron chi connectivity index (χ1n) is 13.2. The van der Waals surface area contributed by atoms with Crippen molar-refractivity contribution in [3.05, 3.63) is 71.8 Å². The number of rotatable bonds is 16. The second-order valence-corrected chi connectivity index (χ2v) is 9.53. The van der Waals surface area contributed by atoms with Crippen molar-refractivity contribution in [3.63, 3.8) is 0 Å². The van der Waals surface area contributed by atoms with Crippen LogP contribution in [0.25, 0.3) is 0 Å². The molecule has 4 amide bonds. The first-order valence-corrected chi connectivity index (χ1v) is 13.2. The number of guanidine groups is 1. The van der Waals surface area contributed by atoms with Crippen LogP contribution in [0.5, 0.6) is 0 Å². The third-order valence-corrected chi connectivity index (χ3v) is 6.40. The predicted octanol–water partition coefficient (Wildman–Crippen LogP) is -0.0307. The number of nitrogens with two attached hydrogens (primary N) is 4. The van der Waals surface area contributed by atoms with Gasteiger partial charge >= 0.3 is 0 Å². The zero-order chi connectivity index (χ0) is 29.5. The number of hydrogen-bond acceptors (Lipinski definition) is 6. The standard InChI is InChI=1S/C28H40N8O4/c1-28(26(30)40,20-13-6-3-7-14-20)36-25(39)22(15-8-9-17-29)35-24(38)21(16-10-18-33-27(31)32)34-23(37)19-11-4-2-5-12-19/h2-7,11-14,21-22H,8-10,15-18,29H2,1H3,(H2,30,40)(H,34,37)(H,35,38)(H,36,39)(H4,31,32,33)/t21-,22-,28?/m0/s1. The summed E-state index contributed by atoms with van der Waals surface area (Å²) in [6.07, 6.45) is 2.02. The minimum atomic E-state index is -1.52. The number of aliphatic imine (C=N–C) groups is 1. The van der Waals surface area contributed by atoms with Crippen LogP contribution in [0, 0.1) is 0 Å². The fourth-order valence-corrected chi connectivity index (χ4v) is 4.02. The fourth-order valence-electron chi connectivity index (χ4n) is 4.02. The molecule has 1 unspecified atom stereocenters. The minimum Gasteiger partial charge on any atom is -0.370 e. The largest absolute Gasteiger partial charge is 0.370 e. The summed E-state index contributed by atoms with van der Waals surface area (Å²) in [6.45, 7) is 2.17. The van der Waals surface area contributed by atoms with Gasteiger partial charge in [-0.15, -0.1) is 0 Å². The van der Waals surface area contributed by atoms with Gasteiger partial charge in [-0.2, -0.15) is 0 Å². The quantitative estimate of drug-likeness (QED) is 0.0855. The summed E-state index contributed by atoms with van der Waals surface area (Å²) in [5, 5.41) is 8.21. The summed E-state index contributed by atoms with van der Waals surface area (Å²) < 4.78 is 0. The number of nitrogens with zero attached hydrogens (tertiary/aromatic N) is 1. The lowest BCUT2D eigenvalue weighted by atomic mass is 9.90. The average molecular weight is 553 g/mol. The van der Waals surface area contributed by atoms with E-state index in [1.807, 2.05) is 0 Å². The third-order valence-electron chi connectivity index (χ3n) is 6.40. The minimum absolute atomic E-state index is 0.0816. The van der Waals surface area contributed by atoms with Crippen molar-refractivity contribution in [1.82, 2.24) is 16.0 Å². The molecule has 216 valence electrons. The van der Waals surface area contributed by atoms with Crippen LogP contribution in [-0.4, -0.2) is 54.8 Å². The van der Waals surface area contributed by atoms with Gasteiger partial charge in [0.05, 0.1) is 0 Å². The van der Waals surface area contributed by atoms with Gasteiger partial charge in [0, 0.05) is 12.1 Å². The van der Waals surface area contributed by atoms with E-state index < -0.39 is 41.3 Å². The Morgan fingerprint density at radius 2 is 1.38 bits per heavy atom. The number of amides is 4. The van der Waals surface area contributed by atoms with Crippen LogP contribution in [0.4, 0.5) is 0 Å². The van der Waals surface area contributed by atoms with E-state index in [4.69, 9.17) is 22.9 Å². The molecule has 0 bridgehead atoms. The van der Waals surface area contributed by atoms with Crippen LogP contribution in [0.3, 0.4) is 0 Å². The summed E-state index contributed by atoms with van der Waals surface area (Å²) in [6, 6.07) is 15.0. The molecule has 40 heavy (non-hydrogen) atoms. The lowest BCUT2D eigenvalue weighted by molar-refractivity contribution is -0.134. The highest BCUT2D eigenvalue weighted by Crippen LogP contribution is 2.21. The van der Waals surface area contributed by atoms with Gasteiger partial charge in [0.25, 0.3) is 5.91 Å².